The van der Waals surface area contributed by atoms with Crippen LogP contribution >= 0.6 is 12.2 Å². The lowest BCUT2D eigenvalue weighted by Gasteiger charge is -2.28. The molecule has 5 aromatic rings. The van der Waals surface area contributed by atoms with Crippen molar-refractivity contribution < 1.29 is 9.84 Å². The van der Waals surface area contributed by atoms with Gasteiger partial charge in [0.15, 0.2) is 5.11 Å². The molecule has 2 aromatic heterocycles. The first-order valence-electron chi connectivity index (χ1n) is 13.2. The Morgan fingerprint density at radius 3 is 2.12 bits per heavy atom. The van der Waals surface area contributed by atoms with Gasteiger partial charge >= 0.3 is 0 Å². The standard InChI is InChI=1S/C33H30N4O2S/c1-21-7-15-27(16-8-21)39-28-17-11-25(12-18-28)37-32(31(35-33(37)40)30-6-4-5-19-34-30)29-20-22(2)36(23(29)3)24-9-13-26(38)14-10-24/h4-20,31-32,38H,1-3H3,(H,35,40)/t31-,32+/m1/s1. The summed E-state index contributed by atoms with van der Waals surface area (Å²) < 4.78 is 8.29. The fourth-order valence-electron chi connectivity index (χ4n) is 5.45. The lowest BCUT2D eigenvalue weighted by molar-refractivity contribution is 0.475. The van der Waals surface area contributed by atoms with E-state index in [1.807, 2.05) is 85.1 Å². The number of hydrogen-bond donors (Lipinski definition) is 2. The van der Waals surface area contributed by atoms with Crippen LogP contribution in [0.3, 0.4) is 0 Å². The monoisotopic (exact) mass is 546 g/mol. The lowest BCUT2D eigenvalue weighted by atomic mass is 9.96. The number of nitrogens with one attached hydrogen (secondary N) is 1. The van der Waals surface area contributed by atoms with E-state index in [2.05, 4.69) is 46.6 Å². The Hall–Kier alpha value is -4.62. The average Bonchev–Trinajstić information content (AvgIpc) is 3.46. The van der Waals surface area contributed by atoms with Crippen molar-refractivity contribution in [2.24, 2.45) is 0 Å². The van der Waals surface area contributed by atoms with Gasteiger partial charge in [-0.1, -0.05) is 23.8 Å². The van der Waals surface area contributed by atoms with Crippen LogP contribution < -0.4 is 15.0 Å². The van der Waals surface area contributed by atoms with Gasteiger partial charge in [-0.3, -0.25) is 4.98 Å². The van der Waals surface area contributed by atoms with Gasteiger partial charge < -0.3 is 24.6 Å². The molecule has 0 bridgehead atoms. The summed E-state index contributed by atoms with van der Waals surface area (Å²) in [4.78, 5) is 6.86. The second-order valence-corrected chi connectivity index (χ2v) is 10.5. The maximum atomic E-state index is 9.83. The number of pyridine rings is 1. The van der Waals surface area contributed by atoms with E-state index in [0.29, 0.717) is 5.11 Å². The first kappa shape index (κ1) is 25.6. The highest BCUT2D eigenvalue weighted by molar-refractivity contribution is 7.80. The quantitative estimate of drug-likeness (QED) is 0.215. The number of nitrogens with zero attached hydrogens (tertiary/aromatic N) is 3. The molecule has 0 saturated carbocycles. The zero-order chi connectivity index (χ0) is 27.8. The summed E-state index contributed by atoms with van der Waals surface area (Å²) in [5.41, 5.74) is 7.41. The number of rotatable bonds is 6. The highest BCUT2D eigenvalue weighted by Gasteiger charge is 2.42. The highest BCUT2D eigenvalue weighted by atomic mass is 32.1. The molecule has 3 heterocycles. The van der Waals surface area contributed by atoms with Crippen molar-refractivity contribution in [2.45, 2.75) is 32.9 Å². The Labute approximate surface area is 239 Å². The number of aryl methyl sites for hydroxylation is 2. The number of phenolic OH excluding ortho intramolecular Hbond substituents is 1. The zero-order valence-electron chi connectivity index (χ0n) is 22.6. The minimum absolute atomic E-state index is 0.136. The highest BCUT2D eigenvalue weighted by Crippen LogP contribution is 2.44. The van der Waals surface area contributed by atoms with E-state index < -0.39 is 0 Å². The van der Waals surface area contributed by atoms with Crippen molar-refractivity contribution >= 4 is 23.0 Å². The molecule has 1 aliphatic rings. The van der Waals surface area contributed by atoms with Crippen LogP contribution in [-0.2, 0) is 0 Å². The van der Waals surface area contributed by atoms with Gasteiger partial charge in [-0.05, 0) is 117 Å². The number of phenols is 1. The molecule has 7 heteroatoms. The van der Waals surface area contributed by atoms with Crippen molar-refractivity contribution in [3.05, 3.63) is 131 Å². The number of aromatic nitrogens is 2. The number of thiocarbonyl (C=S) groups is 1. The summed E-state index contributed by atoms with van der Waals surface area (Å²) in [5.74, 6) is 1.80. The molecule has 1 aliphatic heterocycles. The fourth-order valence-corrected chi connectivity index (χ4v) is 5.80. The molecular formula is C33H30N4O2S. The van der Waals surface area contributed by atoms with Gasteiger partial charge in [0.1, 0.15) is 17.2 Å². The number of aromatic hydroxyl groups is 1. The molecule has 2 atom stereocenters. The molecule has 0 amide bonds. The Bertz CT molecular complexity index is 1650. The lowest BCUT2D eigenvalue weighted by Crippen LogP contribution is -2.29. The first-order chi connectivity index (χ1) is 19.4. The largest absolute Gasteiger partial charge is 0.508 e. The molecule has 0 spiro atoms. The van der Waals surface area contributed by atoms with Crippen molar-refractivity contribution in [3.8, 4) is 22.9 Å². The van der Waals surface area contributed by atoms with Crippen LogP contribution in [0.15, 0.2) is 103 Å². The normalized spacial score (nSPS) is 16.7. The van der Waals surface area contributed by atoms with Gasteiger partial charge in [0, 0.05) is 29.0 Å². The molecule has 0 aliphatic carbocycles. The van der Waals surface area contributed by atoms with Crippen LogP contribution in [0.5, 0.6) is 17.2 Å². The molecule has 6 nitrogen and oxygen atoms in total. The van der Waals surface area contributed by atoms with E-state index in [4.69, 9.17) is 17.0 Å². The Kier molecular flexibility index (Phi) is 6.74. The second-order valence-electron chi connectivity index (χ2n) is 10.1. The minimum Gasteiger partial charge on any atom is -0.508 e. The molecule has 40 heavy (non-hydrogen) atoms. The number of anilines is 1. The smallest absolute Gasteiger partial charge is 0.174 e. The maximum absolute atomic E-state index is 9.83. The van der Waals surface area contributed by atoms with Gasteiger partial charge in [-0.25, -0.2) is 0 Å². The van der Waals surface area contributed by atoms with Gasteiger partial charge in [0.2, 0.25) is 0 Å². The van der Waals surface area contributed by atoms with E-state index in [-0.39, 0.29) is 17.8 Å². The summed E-state index contributed by atoms with van der Waals surface area (Å²) in [6.07, 6.45) is 1.82. The third-order valence-electron chi connectivity index (χ3n) is 7.37. The number of ether oxygens (including phenoxy) is 1. The van der Waals surface area contributed by atoms with Crippen LogP contribution in [0.25, 0.3) is 5.69 Å². The van der Waals surface area contributed by atoms with E-state index in [1.165, 1.54) is 5.56 Å². The summed E-state index contributed by atoms with van der Waals surface area (Å²) in [6.45, 7) is 6.28. The zero-order valence-corrected chi connectivity index (χ0v) is 23.4. The molecule has 1 saturated heterocycles. The fraction of sp³-hybridized carbons (Fsp3) is 0.152. The van der Waals surface area contributed by atoms with E-state index >= 15 is 0 Å². The number of hydrogen-bond acceptors (Lipinski definition) is 4. The Balaban J connectivity index is 1.40. The third kappa shape index (κ3) is 4.80. The first-order valence-corrected chi connectivity index (χ1v) is 13.6. The van der Waals surface area contributed by atoms with Crippen molar-refractivity contribution in [2.75, 3.05) is 4.90 Å². The van der Waals surface area contributed by atoms with Gasteiger partial charge in [-0.15, -0.1) is 0 Å². The SMILES string of the molecule is Cc1ccc(Oc2ccc(N3C(=S)N[C@H](c4ccccn4)[C@@H]3c3cc(C)n(-c4ccc(O)cc4)c3C)cc2)cc1. The maximum Gasteiger partial charge on any atom is 0.174 e. The summed E-state index contributed by atoms with van der Waals surface area (Å²) in [5, 5.41) is 14.0. The van der Waals surface area contributed by atoms with Crippen LogP contribution in [0.4, 0.5) is 5.69 Å². The molecule has 1 fully saturated rings. The minimum atomic E-state index is -0.147. The van der Waals surface area contributed by atoms with Crippen molar-refractivity contribution in [3.63, 3.8) is 0 Å². The van der Waals surface area contributed by atoms with Crippen LogP contribution in [0.1, 0.15) is 40.3 Å². The third-order valence-corrected chi connectivity index (χ3v) is 7.68. The summed E-state index contributed by atoms with van der Waals surface area (Å²) >= 11 is 5.94. The summed E-state index contributed by atoms with van der Waals surface area (Å²) in [6, 6.07) is 31.2. The van der Waals surface area contributed by atoms with Crippen molar-refractivity contribution in [1.82, 2.24) is 14.9 Å². The van der Waals surface area contributed by atoms with E-state index in [1.54, 1.807) is 12.1 Å². The van der Waals surface area contributed by atoms with E-state index in [0.717, 1.165) is 45.5 Å². The molecule has 6 rings (SSSR count). The molecule has 2 N–H and O–H groups in total. The number of benzene rings is 3. The predicted molar refractivity (Wildman–Crippen MR) is 163 cm³/mol. The second kappa shape index (κ2) is 10.5. The summed E-state index contributed by atoms with van der Waals surface area (Å²) in [7, 11) is 0. The van der Waals surface area contributed by atoms with E-state index in [9.17, 15) is 5.11 Å². The Morgan fingerprint density at radius 1 is 0.825 bits per heavy atom. The van der Waals surface area contributed by atoms with Crippen molar-refractivity contribution in [1.29, 1.82) is 0 Å². The molecular weight excluding hydrogens is 516 g/mol. The van der Waals surface area contributed by atoms with Crippen LogP contribution in [0, 0.1) is 20.8 Å². The van der Waals surface area contributed by atoms with Gasteiger partial charge in [0.05, 0.1) is 17.8 Å². The molecule has 200 valence electrons. The topological polar surface area (TPSA) is 62.5 Å². The predicted octanol–water partition coefficient (Wildman–Crippen LogP) is 7.47. The Morgan fingerprint density at radius 2 is 1.48 bits per heavy atom. The van der Waals surface area contributed by atoms with Gasteiger partial charge in [0.25, 0.3) is 0 Å². The molecule has 0 unspecified atom stereocenters. The molecule has 0 radical (unpaired) electrons. The van der Waals surface area contributed by atoms with Crippen LogP contribution in [0.2, 0.25) is 0 Å². The van der Waals surface area contributed by atoms with Crippen LogP contribution in [-0.4, -0.2) is 19.8 Å². The average molecular weight is 547 g/mol. The van der Waals surface area contributed by atoms with Gasteiger partial charge in [-0.2, -0.15) is 0 Å². The molecule has 3 aromatic carbocycles.